The Morgan fingerprint density at radius 1 is 1.00 bits per heavy atom. The number of Topliss-reactive ketones (excluding diaryl/α,β-unsaturated/α-hetero) is 1. The molecule has 3 heteroatoms. The van der Waals surface area contributed by atoms with Gasteiger partial charge in [0.1, 0.15) is 0 Å². The van der Waals surface area contributed by atoms with Crippen LogP contribution >= 0.6 is 0 Å². The summed E-state index contributed by atoms with van der Waals surface area (Å²) in [5.41, 5.74) is 3.70. The second-order valence-corrected chi connectivity index (χ2v) is 6.05. The van der Waals surface area contributed by atoms with Gasteiger partial charge in [0.05, 0.1) is 0 Å². The fourth-order valence-corrected chi connectivity index (χ4v) is 3.31. The van der Waals surface area contributed by atoms with E-state index in [1.165, 1.54) is 11.1 Å². The van der Waals surface area contributed by atoms with Gasteiger partial charge in [-0.3, -0.25) is 4.79 Å². The molecule has 2 heterocycles. The van der Waals surface area contributed by atoms with E-state index in [9.17, 15) is 4.79 Å². The number of fused-ring (bicyclic) bond motifs is 1. The predicted molar refractivity (Wildman–Crippen MR) is 81.3 cm³/mol. The molecule has 1 saturated heterocycles. The number of benzene rings is 1. The van der Waals surface area contributed by atoms with E-state index in [2.05, 4.69) is 22.8 Å². The highest BCUT2D eigenvalue weighted by atomic mass is 16.1. The normalized spacial score (nSPS) is 20.2. The van der Waals surface area contributed by atoms with E-state index in [4.69, 9.17) is 0 Å². The van der Waals surface area contributed by atoms with E-state index >= 15 is 0 Å². The average Bonchev–Trinajstić information content (AvgIpc) is 2.72. The molecule has 0 aliphatic carbocycles. The van der Waals surface area contributed by atoms with Crippen LogP contribution < -0.4 is 10.6 Å². The molecule has 0 spiro atoms. The first-order chi connectivity index (χ1) is 9.83. The second kappa shape index (κ2) is 6.51. The lowest BCUT2D eigenvalue weighted by atomic mass is 9.89. The Labute approximate surface area is 121 Å². The molecule has 108 valence electrons. The van der Waals surface area contributed by atoms with Crippen molar-refractivity contribution in [3.8, 4) is 0 Å². The van der Waals surface area contributed by atoms with Crippen molar-refractivity contribution in [2.24, 2.45) is 5.92 Å². The zero-order chi connectivity index (χ0) is 13.8. The zero-order valence-electron chi connectivity index (χ0n) is 12.1. The molecule has 3 rings (SSSR count). The highest BCUT2D eigenvalue weighted by molar-refractivity contribution is 5.96. The summed E-state index contributed by atoms with van der Waals surface area (Å²) < 4.78 is 0. The first kappa shape index (κ1) is 13.8. The maximum atomic E-state index is 12.4. The summed E-state index contributed by atoms with van der Waals surface area (Å²) in [6, 6.07) is 6.34. The number of piperidine rings is 1. The van der Waals surface area contributed by atoms with Crippen LogP contribution in [0.4, 0.5) is 0 Å². The molecular weight excluding hydrogens is 248 g/mol. The molecule has 2 N–H and O–H groups in total. The van der Waals surface area contributed by atoms with Crippen LogP contribution in [0.15, 0.2) is 18.2 Å². The molecule has 0 radical (unpaired) electrons. The first-order valence-electron chi connectivity index (χ1n) is 7.89. The largest absolute Gasteiger partial charge is 0.317 e. The van der Waals surface area contributed by atoms with Gasteiger partial charge in [-0.25, -0.2) is 0 Å². The Balaban J connectivity index is 1.69. The molecule has 1 fully saturated rings. The topological polar surface area (TPSA) is 41.1 Å². The van der Waals surface area contributed by atoms with Crippen LogP contribution in [0.1, 0.15) is 40.7 Å². The van der Waals surface area contributed by atoms with Gasteiger partial charge >= 0.3 is 0 Å². The van der Waals surface area contributed by atoms with Crippen LogP contribution in [0.25, 0.3) is 0 Å². The Bertz CT molecular complexity index is 478. The molecule has 0 amide bonds. The summed E-state index contributed by atoms with van der Waals surface area (Å²) in [6.45, 7) is 4.20. The molecule has 3 nitrogen and oxygen atoms in total. The lowest BCUT2D eigenvalue weighted by Crippen LogP contribution is -2.28. The van der Waals surface area contributed by atoms with Gasteiger partial charge in [-0.05, 0) is 75.0 Å². The first-order valence-corrected chi connectivity index (χ1v) is 7.89. The van der Waals surface area contributed by atoms with E-state index < -0.39 is 0 Å². The van der Waals surface area contributed by atoms with Gasteiger partial charge in [-0.2, -0.15) is 0 Å². The maximum absolute atomic E-state index is 12.4. The van der Waals surface area contributed by atoms with Crippen molar-refractivity contribution in [1.29, 1.82) is 0 Å². The summed E-state index contributed by atoms with van der Waals surface area (Å²) in [5.74, 6) is 0.904. The summed E-state index contributed by atoms with van der Waals surface area (Å²) in [6.07, 6.45) is 5.13. The van der Waals surface area contributed by atoms with E-state index in [1.54, 1.807) is 0 Å². The standard InChI is InChI=1S/C17H24N2O/c20-17(11-13-3-7-18-8-4-13)16-2-1-14-5-9-19-10-6-15(14)12-16/h1-2,12-13,18-19H,3-11H2. The SMILES string of the molecule is O=C(CC1CCNCC1)c1ccc2c(c1)CCNCC2. The summed E-state index contributed by atoms with van der Waals surface area (Å²) in [5, 5.41) is 6.77. The third-order valence-corrected chi connectivity index (χ3v) is 4.60. The highest BCUT2D eigenvalue weighted by Gasteiger charge is 2.18. The quantitative estimate of drug-likeness (QED) is 0.826. The van der Waals surface area contributed by atoms with Crippen LogP contribution in [0, 0.1) is 5.92 Å². The van der Waals surface area contributed by atoms with Crippen molar-refractivity contribution >= 4 is 5.78 Å². The smallest absolute Gasteiger partial charge is 0.163 e. The van der Waals surface area contributed by atoms with Crippen molar-refractivity contribution in [1.82, 2.24) is 10.6 Å². The fourth-order valence-electron chi connectivity index (χ4n) is 3.31. The maximum Gasteiger partial charge on any atom is 0.163 e. The second-order valence-electron chi connectivity index (χ2n) is 6.05. The third-order valence-electron chi connectivity index (χ3n) is 4.60. The Morgan fingerprint density at radius 3 is 2.50 bits per heavy atom. The minimum atomic E-state index is 0.330. The monoisotopic (exact) mass is 272 g/mol. The van der Waals surface area contributed by atoms with Crippen molar-refractivity contribution in [3.63, 3.8) is 0 Å². The Morgan fingerprint density at radius 2 is 1.70 bits per heavy atom. The Hall–Kier alpha value is -1.19. The van der Waals surface area contributed by atoms with Crippen LogP contribution in [0.2, 0.25) is 0 Å². The van der Waals surface area contributed by atoms with Crippen LogP contribution in [0.3, 0.4) is 0 Å². The minimum absolute atomic E-state index is 0.330. The summed E-state index contributed by atoms with van der Waals surface area (Å²) in [4.78, 5) is 12.4. The van der Waals surface area contributed by atoms with Gasteiger partial charge in [0.2, 0.25) is 0 Å². The molecular formula is C17H24N2O. The van der Waals surface area contributed by atoms with Crippen molar-refractivity contribution < 1.29 is 4.79 Å². The molecule has 0 atom stereocenters. The van der Waals surface area contributed by atoms with Crippen LogP contribution in [-0.2, 0) is 12.8 Å². The lowest BCUT2D eigenvalue weighted by Gasteiger charge is -2.22. The average molecular weight is 272 g/mol. The van der Waals surface area contributed by atoms with Gasteiger partial charge in [0.25, 0.3) is 0 Å². The number of carbonyl (C=O) groups is 1. The zero-order valence-corrected chi connectivity index (χ0v) is 12.1. The van der Waals surface area contributed by atoms with Gasteiger partial charge < -0.3 is 10.6 Å². The molecule has 2 aliphatic rings. The highest BCUT2D eigenvalue weighted by Crippen LogP contribution is 2.21. The lowest BCUT2D eigenvalue weighted by molar-refractivity contribution is 0.0952. The number of hydrogen-bond donors (Lipinski definition) is 2. The van der Waals surface area contributed by atoms with E-state index in [1.807, 2.05) is 6.07 Å². The van der Waals surface area contributed by atoms with Crippen LogP contribution in [0.5, 0.6) is 0 Å². The van der Waals surface area contributed by atoms with Crippen LogP contribution in [-0.4, -0.2) is 32.0 Å². The number of rotatable bonds is 3. The molecule has 0 saturated carbocycles. The molecule has 0 unspecified atom stereocenters. The van der Waals surface area contributed by atoms with E-state index in [-0.39, 0.29) is 0 Å². The third kappa shape index (κ3) is 3.28. The molecule has 2 aliphatic heterocycles. The fraction of sp³-hybridized carbons (Fsp3) is 0.588. The summed E-state index contributed by atoms with van der Waals surface area (Å²) >= 11 is 0. The van der Waals surface area contributed by atoms with Gasteiger partial charge in [-0.15, -0.1) is 0 Å². The van der Waals surface area contributed by atoms with Crippen molar-refractivity contribution in [2.75, 3.05) is 26.2 Å². The molecule has 0 bridgehead atoms. The van der Waals surface area contributed by atoms with E-state index in [0.29, 0.717) is 11.7 Å². The summed E-state index contributed by atoms with van der Waals surface area (Å²) in [7, 11) is 0. The molecule has 0 aromatic heterocycles. The minimum Gasteiger partial charge on any atom is -0.317 e. The molecule has 1 aromatic carbocycles. The molecule has 1 aromatic rings. The van der Waals surface area contributed by atoms with Gasteiger partial charge in [0.15, 0.2) is 5.78 Å². The number of hydrogen-bond acceptors (Lipinski definition) is 3. The van der Waals surface area contributed by atoms with E-state index in [0.717, 1.165) is 63.8 Å². The van der Waals surface area contributed by atoms with Gasteiger partial charge in [-0.1, -0.05) is 12.1 Å². The molecule has 20 heavy (non-hydrogen) atoms. The van der Waals surface area contributed by atoms with Crippen molar-refractivity contribution in [3.05, 3.63) is 34.9 Å². The van der Waals surface area contributed by atoms with Crippen molar-refractivity contribution in [2.45, 2.75) is 32.1 Å². The predicted octanol–water partition coefficient (Wildman–Crippen LogP) is 1.95. The number of ketones is 1. The number of nitrogens with one attached hydrogen (secondary N) is 2. The Kier molecular flexibility index (Phi) is 4.48. The van der Waals surface area contributed by atoms with Gasteiger partial charge in [0, 0.05) is 12.0 Å². The number of carbonyl (C=O) groups excluding carboxylic acids is 1.